The number of nitrogens with zero attached hydrogens (tertiary/aromatic N) is 3. The van der Waals surface area contributed by atoms with Crippen LogP contribution in [-0.4, -0.2) is 41.3 Å². The van der Waals surface area contributed by atoms with E-state index < -0.39 is 0 Å². The summed E-state index contributed by atoms with van der Waals surface area (Å²) in [5, 5.41) is 7.71. The monoisotopic (exact) mass is 426 g/mol. The van der Waals surface area contributed by atoms with Crippen molar-refractivity contribution in [2.75, 3.05) is 25.5 Å². The molecule has 0 aliphatic carbocycles. The fraction of sp³-hybridized carbons (Fsp3) is 0.318. The van der Waals surface area contributed by atoms with Gasteiger partial charge in [0, 0.05) is 29.6 Å². The van der Waals surface area contributed by atoms with Crippen LogP contribution in [0.2, 0.25) is 5.02 Å². The highest BCUT2D eigenvalue weighted by molar-refractivity contribution is 6.30. The predicted molar refractivity (Wildman–Crippen MR) is 115 cm³/mol. The molecule has 0 bridgehead atoms. The number of piperidine rings is 1. The van der Waals surface area contributed by atoms with Crippen molar-refractivity contribution in [1.82, 2.24) is 15.0 Å². The van der Waals surface area contributed by atoms with Gasteiger partial charge in [-0.3, -0.25) is 0 Å². The van der Waals surface area contributed by atoms with E-state index in [0.717, 1.165) is 24.0 Å². The lowest BCUT2D eigenvalue weighted by atomic mass is 9.97. The van der Waals surface area contributed by atoms with Crippen molar-refractivity contribution in [2.24, 2.45) is 0 Å². The lowest BCUT2D eigenvalue weighted by Crippen LogP contribution is -2.40. The summed E-state index contributed by atoms with van der Waals surface area (Å²) < 4.78 is 10.8. The van der Waals surface area contributed by atoms with Crippen LogP contribution in [0.3, 0.4) is 0 Å². The van der Waals surface area contributed by atoms with Crippen molar-refractivity contribution in [3.05, 3.63) is 58.9 Å². The number of aromatic nitrogens is 2. The summed E-state index contributed by atoms with van der Waals surface area (Å²) in [7, 11) is 1.59. The van der Waals surface area contributed by atoms with E-state index in [1.54, 1.807) is 24.1 Å². The Balaban J connectivity index is 1.37. The number of nitrogens with one attached hydrogen (secondary N) is 1. The van der Waals surface area contributed by atoms with E-state index in [1.165, 1.54) is 0 Å². The zero-order valence-corrected chi connectivity index (χ0v) is 17.6. The quantitative estimate of drug-likeness (QED) is 0.626. The molecule has 1 fully saturated rings. The lowest BCUT2D eigenvalue weighted by molar-refractivity contribution is 0.187. The molecule has 2 heterocycles. The summed E-state index contributed by atoms with van der Waals surface area (Å²) >= 11 is 5.93. The number of anilines is 1. The molecule has 7 nitrogen and oxygen atoms in total. The van der Waals surface area contributed by atoms with Crippen molar-refractivity contribution >= 4 is 23.3 Å². The first-order valence-corrected chi connectivity index (χ1v) is 10.2. The number of halogens is 1. The molecule has 1 N–H and O–H groups in total. The van der Waals surface area contributed by atoms with E-state index in [2.05, 4.69) is 15.5 Å². The van der Waals surface area contributed by atoms with Crippen LogP contribution in [0, 0.1) is 6.92 Å². The zero-order valence-electron chi connectivity index (χ0n) is 16.9. The second-order valence-corrected chi connectivity index (χ2v) is 7.79. The van der Waals surface area contributed by atoms with Gasteiger partial charge in [-0.2, -0.15) is 4.98 Å². The minimum atomic E-state index is -0.135. The van der Waals surface area contributed by atoms with Crippen LogP contribution in [0.5, 0.6) is 5.75 Å². The van der Waals surface area contributed by atoms with E-state index in [1.807, 2.05) is 37.3 Å². The second-order valence-electron chi connectivity index (χ2n) is 7.36. The first kappa shape index (κ1) is 20.2. The minimum Gasteiger partial charge on any atom is -0.495 e. The maximum Gasteiger partial charge on any atom is 0.321 e. The highest BCUT2D eigenvalue weighted by atomic mass is 35.5. The third-order valence-corrected chi connectivity index (χ3v) is 5.52. The first-order chi connectivity index (χ1) is 14.5. The molecule has 1 aromatic heterocycles. The maximum absolute atomic E-state index is 12.7. The van der Waals surface area contributed by atoms with Crippen LogP contribution in [0.1, 0.15) is 30.2 Å². The molecule has 3 aromatic rings. The number of carbonyl (C=O) groups is 1. The van der Waals surface area contributed by atoms with Gasteiger partial charge in [-0.05, 0) is 61.7 Å². The Hall–Kier alpha value is -3.06. The van der Waals surface area contributed by atoms with Crippen LogP contribution in [0.4, 0.5) is 10.5 Å². The van der Waals surface area contributed by atoms with Crippen LogP contribution >= 0.6 is 11.6 Å². The largest absolute Gasteiger partial charge is 0.495 e. The molecule has 0 radical (unpaired) electrons. The fourth-order valence-electron chi connectivity index (χ4n) is 3.56. The molecule has 0 saturated carbocycles. The molecule has 4 rings (SSSR count). The van der Waals surface area contributed by atoms with Crippen LogP contribution in [-0.2, 0) is 0 Å². The molecule has 2 amide bonds. The fourth-order valence-corrected chi connectivity index (χ4v) is 3.69. The van der Waals surface area contributed by atoms with Gasteiger partial charge >= 0.3 is 6.03 Å². The Morgan fingerprint density at radius 1 is 1.20 bits per heavy atom. The van der Waals surface area contributed by atoms with Crippen LogP contribution in [0.25, 0.3) is 11.4 Å². The number of amides is 2. The number of likely N-dealkylation sites (tertiary alicyclic amines) is 1. The number of ether oxygens (including phenoxy) is 1. The Kier molecular flexibility index (Phi) is 5.90. The molecule has 0 atom stereocenters. The van der Waals surface area contributed by atoms with Crippen molar-refractivity contribution in [3.8, 4) is 17.1 Å². The molecule has 8 heteroatoms. The third-order valence-electron chi connectivity index (χ3n) is 5.27. The van der Waals surface area contributed by atoms with Crippen molar-refractivity contribution in [2.45, 2.75) is 25.7 Å². The SMILES string of the molecule is COc1ccc(C)cc1NC(=O)N1CCC(c2nc(-c3ccc(Cl)cc3)no2)CC1. The van der Waals surface area contributed by atoms with Gasteiger partial charge in [0.2, 0.25) is 11.7 Å². The molecule has 30 heavy (non-hydrogen) atoms. The number of rotatable bonds is 4. The van der Waals surface area contributed by atoms with Crippen molar-refractivity contribution in [3.63, 3.8) is 0 Å². The van der Waals surface area contributed by atoms with Crippen molar-refractivity contribution < 1.29 is 14.1 Å². The number of benzene rings is 2. The molecular weight excluding hydrogens is 404 g/mol. The van der Waals surface area contributed by atoms with Gasteiger partial charge < -0.3 is 19.5 Å². The van der Waals surface area contributed by atoms with E-state index in [0.29, 0.717) is 41.3 Å². The average Bonchev–Trinajstić information content (AvgIpc) is 3.25. The molecule has 0 spiro atoms. The standard InChI is InChI=1S/C22H23ClN4O3/c1-14-3-8-19(29-2)18(13-14)24-22(28)27-11-9-16(10-12-27)21-25-20(26-30-21)15-4-6-17(23)7-5-15/h3-8,13,16H,9-12H2,1-2H3,(H,24,28). The Bertz CT molecular complexity index is 1030. The first-order valence-electron chi connectivity index (χ1n) is 9.83. The molecule has 156 valence electrons. The average molecular weight is 427 g/mol. The molecule has 1 aliphatic rings. The molecule has 1 saturated heterocycles. The van der Waals surface area contributed by atoms with Gasteiger partial charge in [-0.1, -0.05) is 22.8 Å². The summed E-state index contributed by atoms with van der Waals surface area (Å²) in [4.78, 5) is 19.1. The minimum absolute atomic E-state index is 0.135. The predicted octanol–water partition coefficient (Wildman–Crippen LogP) is 5.12. The van der Waals surface area contributed by atoms with Crippen molar-refractivity contribution in [1.29, 1.82) is 0 Å². The molecular formula is C22H23ClN4O3. The summed E-state index contributed by atoms with van der Waals surface area (Å²) in [6.45, 7) is 3.20. The summed E-state index contributed by atoms with van der Waals surface area (Å²) in [6.07, 6.45) is 1.53. The number of methoxy groups -OCH3 is 1. The second kappa shape index (κ2) is 8.75. The summed E-state index contributed by atoms with van der Waals surface area (Å²) in [5.41, 5.74) is 2.59. The Morgan fingerprint density at radius 2 is 1.93 bits per heavy atom. The normalized spacial score (nSPS) is 14.6. The number of hydrogen-bond donors (Lipinski definition) is 1. The lowest BCUT2D eigenvalue weighted by Gasteiger charge is -2.30. The Labute approximate surface area is 180 Å². The van der Waals surface area contributed by atoms with Gasteiger partial charge in [0.25, 0.3) is 0 Å². The summed E-state index contributed by atoms with van der Waals surface area (Å²) in [5.74, 6) is 1.94. The third kappa shape index (κ3) is 4.41. The van der Waals surface area contributed by atoms with Gasteiger partial charge in [0.15, 0.2) is 0 Å². The van der Waals surface area contributed by atoms with E-state index in [-0.39, 0.29) is 11.9 Å². The van der Waals surface area contributed by atoms with E-state index >= 15 is 0 Å². The number of urea groups is 1. The number of hydrogen-bond acceptors (Lipinski definition) is 5. The zero-order chi connectivity index (χ0) is 21.1. The van der Waals surface area contributed by atoms with Crippen LogP contribution in [0.15, 0.2) is 47.0 Å². The number of carbonyl (C=O) groups excluding carboxylic acids is 1. The van der Waals surface area contributed by atoms with Gasteiger partial charge in [0.1, 0.15) is 5.75 Å². The molecule has 0 unspecified atom stereocenters. The highest BCUT2D eigenvalue weighted by Crippen LogP contribution is 2.30. The smallest absolute Gasteiger partial charge is 0.321 e. The highest BCUT2D eigenvalue weighted by Gasteiger charge is 2.28. The van der Waals surface area contributed by atoms with E-state index in [9.17, 15) is 4.79 Å². The molecule has 2 aromatic carbocycles. The summed E-state index contributed by atoms with van der Waals surface area (Å²) in [6, 6.07) is 12.9. The maximum atomic E-state index is 12.7. The van der Waals surface area contributed by atoms with Gasteiger partial charge in [0.05, 0.1) is 12.8 Å². The topological polar surface area (TPSA) is 80.5 Å². The Morgan fingerprint density at radius 3 is 2.63 bits per heavy atom. The molecule has 1 aliphatic heterocycles. The van der Waals surface area contributed by atoms with Gasteiger partial charge in [-0.25, -0.2) is 4.79 Å². The van der Waals surface area contributed by atoms with Gasteiger partial charge in [-0.15, -0.1) is 0 Å². The number of aryl methyl sites for hydroxylation is 1. The van der Waals surface area contributed by atoms with E-state index in [4.69, 9.17) is 20.9 Å². The van der Waals surface area contributed by atoms with Crippen LogP contribution < -0.4 is 10.1 Å².